The molecule has 0 radical (unpaired) electrons. The smallest absolute Gasteiger partial charge is 0.265 e. The Labute approximate surface area is 144 Å². The van der Waals surface area contributed by atoms with E-state index in [0.717, 1.165) is 18.9 Å². The van der Waals surface area contributed by atoms with E-state index >= 15 is 0 Å². The Bertz CT molecular complexity index is 610. The number of fused-ring (bicyclic) bond motifs is 5. The number of carbonyl (C=O) groups excluding carboxylic acids is 1. The van der Waals surface area contributed by atoms with Gasteiger partial charge in [0.25, 0.3) is 10.1 Å². The Morgan fingerprint density at radius 1 is 1.25 bits per heavy atom. The lowest BCUT2D eigenvalue weighted by Crippen LogP contribution is -2.54. The fourth-order valence-electron chi connectivity index (χ4n) is 5.43. The van der Waals surface area contributed by atoms with Gasteiger partial charge in [0.2, 0.25) is 0 Å². The first-order chi connectivity index (χ1) is 11.1. The standard InChI is InChI=1S/C10H16O4S.C7H14N2/c1-9(2)7-3-4-10(9,8(11)5-7)6-15(12,13)14;8-7-5-9-3-1-6(7)2-4-9/h7H,3-6H2,1-2H3,(H,12,13,14);6-7H,1-5,8H2/t;7-/m.0/s1. The van der Waals surface area contributed by atoms with Gasteiger partial charge in [0.1, 0.15) is 5.78 Å². The average molecular weight is 359 g/mol. The summed E-state index contributed by atoms with van der Waals surface area (Å²) < 4.78 is 31.0. The molecule has 2 aliphatic carbocycles. The van der Waals surface area contributed by atoms with Gasteiger partial charge in [-0.1, -0.05) is 13.8 Å². The van der Waals surface area contributed by atoms with Crippen LogP contribution >= 0.6 is 0 Å². The normalized spacial score (nSPS) is 42.8. The zero-order valence-corrected chi connectivity index (χ0v) is 15.5. The highest BCUT2D eigenvalue weighted by Crippen LogP contribution is 2.64. The molecule has 2 saturated carbocycles. The first kappa shape index (κ1) is 18.3. The second kappa shape index (κ2) is 6.04. The van der Waals surface area contributed by atoms with E-state index in [1.54, 1.807) is 0 Å². The first-order valence-electron chi connectivity index (χ1n) is 9.01. The summed E-state index contributed by atoms with van der Waals surface area (Å²) in [7, 11) is -4.08. The molecular formula is C17H30N2O4S. The van der Waals surface area contributed by atoms with Gasteiger partial charge in [-0.25, -0.2) is 0 Å². The number of hydrogen-bond donors (Lipinski definition) is 2. The molecule has 0 aromatic rings. The van der Waals surface area contributed by atoms with E-state index in [-0.39, 0.29) is 17.1 Å². The third kappa shape index (κ3) is 3.04. The van der Waals surface area contributed by atoms with Crippen LogP contribution in [0.2, 0.25) is 0 Å². The second-order valence-corrected chi connectivity index (χ2v) is 10.1. The summed E-state index contributed by atoms with van der Waals surface area (Å²) in [5.41, 5.74) is 4.76. The largest absolute Gasteiger partial charge is 0.326 e. The van der Waals surface area contributed by atoms with Crippen molar-refractivity contribution in [1.82, 2.24) is 4.90 Å². The molecule has 0 spiro atoms. The molecular weight excluding hydrogens is 328 g/mol. The SMILES string of the molecule is CC1(C)C2CCC1(CS(=O)(=O)O)C(=O)C2.N[C@H]1CN2CCC1CC2. The average Bonchev–Trinajstić information content (AvgIpc) is 2.81. The van der Waals surface area contributed by atoms with Crippen LogP contribution < -0.4 is 5.73 Å². The Kier molecular flexibility index (Phi) is 4.60. The molecule has 3 atom stereocenters. The van der Waals surface area contributed by atoms with E-state index in [1.807, 2.05) is 13.8 Å². The number of nitrogens with two attached hydrogens (primary N) is 1. The summed E-state index contributed by atoms with van der Waals surface area (Å²) in [4.78, 5) is 14.4. The maximum atomic E-state index is 11.9. The van der Waals surface area contributed by atoms with Crippen LogP contribution in [0.1, 0.15) is 46.0 Å². The van der Waals surface area contributed by atoms with Crippen molar-refractivity contribution in [3.8, 4) is 0 Å². The monoisotopic (exact) mass is 358 g/mol. The molecule has 0 amide bonds. The molecule has 5 rings (SSSR count). The molecule has 3 saturated heterocycles. The molecule has 24 heavy (non-hydrogen) atoms. The van der Waals surface area contributed by atoms with Crippen molar-refractivity contribution in [1.29, 1.82) is 0 Å². The Balaban J connectivity index is 0.000000159. The van der Waals surface area contributed by atoms with E-state index in [0.29, 0.717) is 18.9 Å². The van der Waals surface area contributed by atoms with Crippen molar-refractivity contribution in [2.75, 3.05) is 25.4 Å². The molecule has 7 heteroatoms. The zero-order chi connectivity index (χ0) is 17.8. The van der Waals surface area contributed by atoms with Crippen molar-refractivity contribution in [3.05, 3.63) is 0 Å². The van der Waals surface area contributed by atoms with Gasteiger partial charge in [0.05, 0.1) is 11.2 Å². The van der Waals surface area contributed by atoms with Gasteiger partial charge in [0.15, 0.2) is 0 Å². The third-order valence-corrected chi connectivity index (χ3v) is 8.13. The number of ketones is 1. The lowest BCUT2D eigenvalue weighted by atomic mass is 9.70. The number of Topliss-reactive ketones (excluding diaryl/α,β-unsaturated/α-hetero) is 1. The Hall–Kier alpha value is -0.500. The molecule has 5 aliphatic rings. The molecule has 3 heterocycles. The van der Waals surface area contributed by atoms with Gasteiger partial charge in [-0.2, -0.15) is 8.42 Å². The van der Waals surface area contributed by atoms with Gasteiger partial charge in [-0.3, -0.25) is 9.35 Å². The molecule has 3 N–H and O–H groups in total. The number of carbonyl (C=O) groups is 1. The molecule has 0 aromatic carbocycles. The van der Waals surface area contributed by atoms with Crippen LogP contribution in [0, 0.1) is 22.7 Å². The van der Waals surface area contributed by atoms with Gasteiger partial charge in [0, 0.05) is 19.0 Å². The molecule has 5 fully saturated rings. The van der Waals surface area contributed by atoms with Crippen molar-refractivity contribution in [3.63, 3.8) is 0 Å². The summed E-state index contributed by atoms with van der Waals surface area (Å²) in [5.74, 6) is 0.755. The van der Waals surface area contributed by atoms with Crippen LogP contribution in [0.25, 0.3) is 0 Å². The highest BCUT2D eigenvalue weighted by Gasteiger charge is 2.65. The quantitative estimate of drug-likeness (QED) is 0.722. The van der Waals surface area contributed by atoms with Gasteiger partial charge >= 0.3 is 0 Å². The van der Waals surface area contributed by atoms with Gasteiger partial charge < -0.3 is 10.6 Å². The van der Waals surface area contributed by atoms with E-state index in [2.05, 4.69) is 4.90 Å². The number of nitrogens with zero attached hydrogens (tertiary/aromatic N) is 1. The number of rotatable bonds is 2. The Morgan fingerprint density at radius 3 is 2.17 bits per heavy atom. The minimum absolute atomic E-state index is 0.0152. The third-order valence-electron chi connectivity index (χ3n) is 7.27. The predicted octanol–water partition coefficient (Wildman–Crippen LogP) is 1.31. The van der Waals surface area contributed by atoms with Crippen LogP contribution in [0.15, 0.2) is 0 Å². The molecule has 138 valence electrons. The van der Waals surface area contributed by atoms with Gasteiger partial charge in [-0.05, 0) is 56.0 Å². The number of piperidine rings is 3. The van der Waals surface area contributed by atoms with E-state index in [4.69, 9.17) is 10.3 Å². The van der Waals surface area contributed by atoms with E-state index in [9.17, 15) is 13.2 Å². The fourth-order valence-corrected chi connectivity index (χ4v) is 6.73. The molecule has 3 aliphatic heterocycles. The predicted molar refractivity (Wildman–Crippen MR) is 92.1 cm³/mol. The van der Waals surface area contributed by atoms with Crippen LogP contribution in [-0.2, 0) is 14.9 Å². The van der Waals surface area contributed by atoms with Crippen LogP contribution in [-0.4, -0.2) is 55.1 Å². The second-order valence-electron chi connectivity index (χ2n) is 8.69. The van der Waals surface area contributed by atoms with Crippen molar-refractivity contribution in [2.45, 2.75) is 52.0 Å². The summed E-state index contributed by atoms with van der Waals surface area (Å²) in [6.07, 6.45) is 4.67. The number of hydrogen-bond acceptors (Lipinski definition) is 5. The van der Waals surface area contributed by atoms with Gasteiger partial charge in [-0.15, -0.1) is 0 Å². The summed E-state index contributed by atoms with van der Waals surface area (Å²) in [6.45, 7) is 7.66. The van der Waals surface area contributed by atoms with E-state index in [1.165, 1.54) is 25.9 Å². The minimum Gasteiger partial charge on any atom is -0.326 e. The molecule has 0 aromatic heterocycles. The topological polar surface area (TPSA) is 101 Å². The maximum Gasteiger partial charge on any atom is 0.265 e. The van der Waals surface area contributed by atoms with Crippen molar-refractivity contribution < 1.29 is 17.8 Å². The molecule has 6 nitrogen and oxygen atoms in total. The summed E-state index contributed by atoms with van der Waals surface area (Å²) >= 11 is 0. The lowest BCUT2D eigenvalue weighted by Gasteiger charge is -2.43. The maximum absolute atomic E-state index is 11.9. The lowest BCUT2D eigenvalue weighted by molar-refractivity contribution is -0.128. The first-order valence-corrected chi connectivity index (χ1v) is 10.6. The van der Waals surface area contributed by atoms with Crippen LogP contribution in [0.5, 0.6) is 0 Å². The van der Waals surface area contributed by atoms with E-state index < -0.39 is 21.3 Å². The highest BCUT2D eigenvalue weighted by atomic mass is 32.2. The fraction of sp³-hybridized carbons (Fsp3) is 0.941. The Morgan fingerprint density at radius 2 is 1.88 bits per heavy atom. The molecule has 2 unspecified atom stereocenters. The molecule has 4 bridgehead atoms. The summed E-state index contributed by atoms with van der Waals surface area (Å²) in [5, 5.41) is 0. The van der Waals surface area contributed by atoms with Crippen molar-refractivity contribution >= 4 is 15.9 Å². The highest BCUT2D eigenvalue weighted by molar-refractivity contribution is 7.85. The van der Waals surface area contributed by atoms with Crippen LogP contribution in [0.4, 0.5) is 0 Å². The van der Waals surface area contributed by atoms with Crippen molar-refractivity contribution in [2.24, 2.45) is 28.4 Å². The summed E-state index contributed by atoms with van der Waals surface area (Å²) in [6, 6.07) is 0.493. The minimum atomic E-state index is -4.08. The van der Waals surface area contributed by atoms with Crippen LogP contribution in [0.3, 0.4) is 0 Å². The zero-order valence-electron chi connectivity index (χ0n) is 14.7.